The van der Waals surface area contributed by atoms with Crippen molar-refractivity contribution in [3.63, 3.8) is 0 Å². The number of amides is 1. The Kier molecular flexibility index (Phi) is 5.45. The van der Waals surface area contributed by atoms with Gasteiger partial charge in [0.25, 0.3) is 0 Å². The molecule has 3 aromatic rings. The van der Waals surface area contributed by atoms with E-state index in [1.807, 2.05) is 26.0 Å². The molecule has 0 fully saturated rings. The van der Waals surface area contributed by atoms with Crippen molar-refractivity contribution in [1.29, 1.82) is 0 Å². The van der Waals surface area contributed by atoms with E-state index in [0.29, 0.717) is 18.8 Å². The van der Waals surface area contributed by atoms with Crippen molar-refractivity contribution >= 4 is 22.5 Å². The zero-order chi connectivity index (χ0) is 18.7. The molecule has 138 valence electrons. The van der Waals surface area contributed by atoms with Crippen molar-refractivity contribution in [3.8, 4) is 0 Å². The second kappa shape index (κ2) is 7.77. The minimum absolute atomic E-state index is 0.00688. The summed E-state index contributed by atoms with van der Waals surface area (Å²) in [5.74, 6) is 1.46. The maximum Gasteiger partial charge on any atom is 0.224 e. The molecule has 0 saturated heterocycles. The molecule has 0 radical (unpaired) electrons. The van der Waals surface area contributed by atoms with E-state index in [9.17, 15) is 4.79 Å². The van der Waals surface area contributed by atoms with E-state index in [4.69, 9.17) is 4.52 Å². The van der Waals surface area contributed by atoms with Gasteiger partial charge in [-0.2, -0.15) is 0 Å². The lowest BCUT2D eigenvalue weighted by Gasteiger charge is -2.10. The van der Waals surface area contributed by atoms with Gasteiger partial charge in [0.15, 0.2) is 0 Å². The number of rotatable bonds is 7. The third kappa shape index (κ3) is 3.98. The zero-order valence-corrected chi connectivity index (χ0v) is 16.0. The minimum atomic E-state index is 0.00688. The number of fused-ring (bicyclic) bond motifs is 1. The fourth-order valence-electron chi connectivity index (χ4n) is 3.23. The van der Waals surface area contributed by atoms with Gasteiger partial charge in [-0.25, -0.2) is 0 Å². The Morgan fingerprint density at radius 1 is 1.27 bits per heavy atom. The smallest absolute Gasteiger partial charge is 0.224 e. The van der Waals surface area contributed by atoms with Crippen LogP contribution in [0.4, 0.5) is 5.69 Å². The van der Waals surface area contributed by atoms with Gasteiger partial charge in [0.2, 0.25) is 5.91 Å². The molecule has 0 aliphatic rings. The average molecular weight is 353 g/mol. The maximum atomic E-state index is 12.4. The molecule has 0 bridgehead atoms. The number of benzene rings is 1. The Bertz CT molecular complexity index is 886. The number of hydrogen-bond donors (Lipinski definition) is 1. The molecule has 1 aromatic carbocycles. The van der Waals surface area contributed by atoms with Crippen LogP contribution in [0.25, 0.3) is 10.9 Å². The largest absolute Gasteiger partial charge is 0.361 e. The fourth-order valence-corrected chi connectivity index (χ4v) is 3.23. The first-order valence-corrected chi connectivity index (χ1v) is 9.25. The summed E-state index contributed by atoms with van der Waals surface area (Å²) in [6.07, 6.45) is 4.29. The van der Waals surface area contributed by atoms with Crippen LogP contribution in [0, 0.1) is 19.8 Å². The van der Waals surface area contributed by atoms with Crippen LogP contribution in [0.15, 0.2) is 35.0 Å². The molecule has 0 unspecified atom stereocenters. The van der Waals surface area contributed by atoms with Crippen LogP contribution in [0.2, 0.25) is 0 Å². The van der Waals surface area contributed by atoms with Crippen molar-refractivity contribution < 1.29 is 9.32 Å². The Labute approximate surface area is 154 Å². The van der Waals surface area contributed by atoms with Gasteiger partial charge in [-0.1, -0.05) is 25.1 Å². The second-order valence-electron chi connectivity index (χ2n) is 7.28. The first-order valence-electron chi connectivity index (χ1n) is 9.25. The minimum Gasteiger partial charge on any atom is -0.361 e. The van der Waals surface area contributed by atoms with E-state index < -0.39 is 0 Å². The lowest BCUT2D eigenvalue weighted by Crippen LogP contribution is -2.13. The molecule has 5 heteroatoms. The number of carbonyl (C=O) groups excluding carboxylic acids is 1. The van der Waals surface area contributed by atoms with E-state index in [0.717, 1.165) is 46.6 Å². The van der Waals surface area contributed by atoms with Gasteiger partial charge in [-0.05, 0) is 50.8 Å². The van der Waals surface area contributed by atoms with Crippen molar-refractivity contribution in [2.75, 3.05) is 5.32 Å². The van der Waals surface area contributed by atoms with Gasteiger partial charge in [-0.3, -0.25) is 4.79 Å². The van der Waals surface area contributed by atoms with Crippen LogP contribution < -0.4 is 5.32 Å². The Balaban J connectivity index is 1.69. The van der Waals surface area contributed by atoms with Gasteiger partial charge in [0.05, 0.1) is 16.9 Å². The first-order chi connectivity index (χ1) is 12.5. The van der Waals surface area contributed by atoms with E-state index in [1.54, 1.807) is 0 Å². The molecule has 2 heterocycles. The lowest BCUT2D eigenvalue weighted by atomic mass is 10.1. The quantitative estimate of drug-likeness (QED) is 0.659. The summed E-state index contributed by atoms with van der Waals surface area (Å²) in [6, 6.07) is 8.15. The molecule has 0 aliphatic heterocycles. The van der Waals surface area contributed by atoms with E-state index in [1.165, 1.54) is 0 Å². The Morgan fingerprint density at radius 3 is 2.77 bits per heavy atom. The number of hydrogen-bond acceptors (Lipinski definition) is 3. The molecular formula is C21H27N3O2. The van der Waals surface area contributed by atoms with Crippen molar-refractivity contribution in [1.82, 2.24) is 9.72 Å². The monoisotopic (exact) mass is 353 g/mol. The normalized spacial score (nSPS) is 11.4. The molecule has 1 amide bonds. The molecule has 0 saturated carbocycles. The van der Waals surface area contributed by atoms with Crippen LogP contribution in [-0.2, 0) is 17.8 Å². The molecule has 0 spiro atoms. The van der Waals surface area contributed by atoms with E-state index >= 15 is 0 Å². The Hall–Kier alpha value is -2.56. The number of anilines is 1. The fraction of sp³-hybridized carbons (Fsp3) is 0.429. The number of aromatic nitrogens is 2. The van der Waals surface area contributed by atoms with Crippen molar-refractivity contribution in [3.05, 3.63) is 47.5 Å². The summed E-state index contributed by atoms with van der Waals surface area (Å²) in [7, 11) is 0. The summed E-state index contributed by atoms with van der Waals surface area (Å²) >= 11 is 0. The third-order valence-corrected chi connectivity index (χ3v) is 4.82. The molecule has 0 aliphatic carbocycles. The van der Waals surface area contributed by atoms with Gasteiger partial charge >= 0.3 is 0 Å². The zero-order valence-electron chi connectivity index (χ0n) is 16.0. The van der Waals surface area contributed by atoms with Gasteiger partial charge in [-0.15, -0.1) is 0 Å². The summed E-state index contributed by atoms with van der Waals surface area (Å²) in [5.41, 5.74) is 3.92. The van der Waals surface area contributed by atoms with E-state index in [2.05, 4.69) is 47.2 Å². The molecule has 2 aromatic heterocycles. The molecule has 0 atom stereocenters. The lowest BCUT2D eigenvalue weighted by molar-refractivity contribution is -0.116. The number of nitrogens with zero attached hydrogens (tertiary/aromatic N) is 2. The molecule has 1 N–H and O–H groups in total. The molecular weight excluding hydrogens is 326 g/mol. The second-order valence-corrected chi connectivity index (χ2v) is 7.28. The van der Waals surface area contributed by atoms with Crippen LogP contribution in [0.1, 0.15) is 43.7 Å². The van der Waals surface area contributed by atoms with Gasteiger partial charge < -0.3 is 14.4 Å². The van der Waals surface area contributed by atoms with Crippen molar-refractivity contribution in [2.24, 2.45) is 5.92 Å². The maximum absolute atomic E-state index is 12.4. The topological polar surface area (TPSA) is 60.1 Å². The highest BCUT2D eigenvalue weighted by atomic mass is 16.5. The molecule has 5 nitrogen and oxygen atoms in total. The highest BCUT2D eigenvalue weighted by molar-refractivity contribution is 6.01. The number of aryl methyl sites for hydroxylation is 3. The Morgan fingerprint density at radius 2 is 2.08 bits per heavy atom. The van der Waals surface area contributed by atoms with Crippen LogP contribution >= 0.6 is 0 Å². The van der Waals surface area contributed by atoms with Crippen LogP contribution in [0.3, 0.4) is 0 Å². The summed E-state index contributed by atoms with van der Waals surface area (Å²) < 4.78 is 7.42. The van der Waals surface area contributed by atoms with Gasteiger partial charge in [0.1, 0.15) is 5.76 Å². The molecule has 3 rings (SSSR count). The van der Waals surface area contributed by atoms with E-state index in [-0.39, 0.29) is 5.91 Å². The van der Waals surface area contributed by atoms with Crippen LogP contribution in [0.5, 0.6) is 0 Å². The summed E-state index contributed by atoms with van der Waals surface area (Å²) in [5, 5.41) is 8.09. The van der Waals surface area contributed by atoms with Crippen LogP contribution in [-0.4, -0.2) is 15.6 Å². The first kappa shape index (κ1) is 18.2. The van der Waals surface area contributed by atoms with Gasteiger partial charge in [0, 0.05) is 30.1 Å². The number of nitrogens with one attached hydrogen (secondary N) is 1. The predicted octanol–water partition coefficient (Wildman–Crippen LogP) is 4.86. The third-order valence-electron chi connectivity index (χ3n) is 4.82. The highest BCUT2D eigenvalue weighted by Crippen LogP contribution is 2.25. The average Bonchev–Trinajstić information content (AvgIpc) is 3.15. The van der Waals surface area contributed by atoms with Crippen molar-refractivity contribution in [2.45, 2.75) is 53.5 Å². The highest BCUT2D eigenvalue weighted by Gasteiger charge is 2.13. The predicted molar refractivity (Wildman–Crippen MR) is 104 cm³/mol. The molecule has 26 heavy (non-hydrogen) atoms. The SMILES string of the molecule is Cc1noc(C)c1CCC(=O)Nc1cccc2c1ccn2CCC(C)C. The summed E-state index contributed by atoms with van der Waals surface area (Å²) in [6.45, 7) is 9.25. The summed E-state index contributed by atoms with van der Waals surface area (Å²) in [4.78, 5) is 12.4. The standard InChI is InChI=1S/C21H27N3O2/c1-14(2)10-12-24-13-11-18-19(6-5-7-20(18)24)22-21(25)9-8-17-15(3)23-26-16(17)4/h5-7,11,13-14H,8-10,12H2,1-4H3,(H,22,25). The number of carbonyl (C=O) groups is 1.